The summed E-state index contributed by atoms with van der Waals surface area (Å²) in [5.41, 5.74) is 0.869. The summed E-state index contributed by atoms with van der Waals surface area (Å²) in [5, 5.41) is 0. The molecule has 0 saturated carbocycles. The van der Waals surface area contributed by atoms with Crippen LogP contribution in [0.3, 0.4) is 0 Å². The van der Waals surface area contributed by atoms with Gasteiger partial charge in [-0.3, -0.25) is 4.79 Å². The van der Waals surface area contributed by atoms with Crippen LogP contribution in [0, 0.1) is 0 Å². The summed E-state index contributed by atoms with van der Waals surface area (Å²) in [4.78, 5) is 13.9. The molecule has 1 fully saturated rings. The van der Waals surface area contributed by atoms with E-state index >= 15 is 0 Å². The van der Waals surface area contributed by atoms with Crippen LogP contribution in [0.1, 0.15) is 25.7 Å². The number of methoxy groups -OCH3 is 1. The number of hydrogen-bond acceptors (Lipinski definition) is 2. The van der Waals surface area contributed by atoms with Gasteiger partial charge in [-0.25, -0.2) is 0 Å². The molecule has 0 spiro atoms. The fourth-order valence-electron chi connectivity index (χ4n) is 2.11. The number of benzene rings is 1. The topological polar surface area (TPSA) is 29.5 Å². The molecule has 0 aliphatic carbocycles. The molecule has 1 aromatic rings. The first-order valence-electron chi connectivity index (χ1n) is 5.86. The van der Waals surface area contributed by atoms with Crippen LogP contribution in [0.5, 0.6) is 5.75 Å². The molecule has 17 heavy (non-hydrogen) atoms. The minimum atomic E-state index is 0.193. The van der Waals surface area contributed by atoms with Gasteiger partial charge in [0.15, 0.2) is 0 Å². The van der Waals surface area contributed by atoms with Gasteiger partial charge in [0.1, 0.15) is 5.75 Å². The Labute approximate surface area is 110 Å². The third-order valence-corrected chi connectivity index (χ3v) is 3.50. The number of carbonyl (C=O) groups excluding carboxylic acids is 1. The summed E-state index contributed by atoms with van der Waals surface area (Å²) < 4.78 is 6.29. The highest BCUT2D eigenvalue weighted by atomic mass is 79.9. The fraction of sp³-hybridized carbons (Fsp3) is 0.462. The van der Waals surface area contributed by atoms with E-state index in [2.05, 4.69) is 15.9 Å². The summed E-state index contributed by atoms with van der Waals surface area (Å²) in [6, 6.07) is 5.75. The highest BCUT2D eigenvalue weighted by Crippen LogP contribution is 2.33. The normalized spacial score (nSPS) is 16.8. The van der Waals surface area contributed by atoms with Crippen molar-refractivity contribution in [1.29, 1.82) is 0 Å². The van der Waals surface area contributed by atoms with Crippen molar-refractivity contribution in [2.75, 3.05) is 18.6 Å². The van der Waals surface area contributed by atoms with Crippen molar-refractivity contribution in [3.8, 4) is 5.75 Å². The number of nitrogens with zero attached hydrogens (tertiary/aromatic N) is 1. The fourth-order valence-corrected chi connectivity index (χ4v) is 2.46. The lowest BCUT2D eigenvalue weighted by atomic mass is 10.2. The molecule has 0 unspecified atom stereocenters. The zero-order valence-electron chi connectivity index (χ0n) is 9.91. The molecule has 1 aliphatic heterocycles. The van der Waals surface area contributed by atoms with E-state index in [1.54, 1.807) is 7.11 Å². The van der Waals surface area contributed by atoms with Gasteiger partial charge in [0.25, 0.3) is 0 Å². The number of anilines is 1. The van der Waals surface area contributed by atoms with Gasteiger partial charge >= 0.3 is 0 Å². The lowest BCUT2D eigenvalue weighted by molar-refractivity contribution is -0.118. The van der Waals surface area contributed by atoms with Crippen molar-refractivity contribution in [3.63, 3.8) is 0 Å². The Morgan fingerprint density at radius 3 is 2.88 bits per heavy atom. The first kappa shape index (κ1) is 12.4. The second kappa shape index (κ2) is 5.54. The van der Waals surface area contributed by atoms with Crippen LogP contribution in [-0.4, -0.2) is 19.6 Å². The average Bonchev–Trinajstić information content (AvgIpc) is 2.54. The zero-order valence-corrected chi connectivity index (χ0v) is 11.5. The third kappa shape index (κ3) is 2.80. The van der Waals surface area contributed by atoms with E-state index in [0.717, 1.165) is 41.7 Å². The summed E-state index contributed by atoms with van der Waals surface area (Å²) in [6.45, 7) is 0.783. The molecule has 1 saturated heterocycles. The molecule has 3 nitrogen and oxygen atoms in total. The van der Waals surface area contributed by atoms with Crippen LogP contribution in [0.2, 0.25) is 0 Å². The zero-order chi connectivity index (χ0) is 12.3. The maximum absolute atomic E-state index is 12.0. The largest absolute Gasteiger partial charge is 0.495 e. The van der Waals surface area contributed by atoms with Crippen molar-refractivity contribution < 1.29 is 9.53 Å². The standard InChI is InChI=1S/C13H16BrNO2/c1-17-12-7-6-10(14)9-11(12)15-8-4-2-3-5-13(15)16/h6-7,9H,2-5,8H2,1H3. The van der Waals surface area contributed by atoms with E-state index in [0.29, 0.717) is 6.42 Å². The lowest BCUT2D eigenvalue weighted by Crippen LogP contribution is -2.30. The number of rotatable bonds is 2. The molecule has 0 bridgehead atoms. The molecular formula is C13H16BrNO2. The number of carbonyl (C=O) groups is 1. The monoisotopic (exact) mass is 297 g/mol. The van der Waals surface area contributed by atoms with Gasteiger partial charge in [0.05, 0.1) is 12.8 Å². The van der Waals surface area contributed by atoms with E-state index in [4.69, 9.17) is 4.74 Å². The number of hydrogen-bond donors (Lipinski definition) is 0. The summed E-state index contributed by atoms with van der Waals surface area (Å²) in [5.74, 6) is 0.947. The predicted octanol–water partition coefficient (Wildman–Crippen LogP) is 3.36. The summed E-state index contributed by atoms with van der Waals surface area (Å²) >= 11 is 3.44. The maximum Gasteiger partial charge on any atom is 0.227 e. The Hall–Kier alpha value is -1.03. The maximum atomic E-state index is 12.0. The molecule has 1 amide bonds. The second-order valence-corrected chi connectivity index (χ2v) is 5.09. The van der Waals surface area contributed by atoms with Gasteiger partial charge in [-0.15, -0.1) is 0 Å². The van der Waals surface area contributed by atoms with Crippen LogP contribution in [0.15, 0.2) is 22.7 Å². The molecule has 0 N–H and O–H groups in total. The van der Waals surface area contributed by atoms with Gasteiger partial charge in [0, 0.05) is 17.4 Å². The van der Waals surface area contributed by atoms with Crippen LogP contribution in [0.25, 0.3) is 0 Å². The molecule has 0 atom stereocenters. The molecule has 1 aromatic carbocycles. The van der Waals surface area contributed by atoms with Crippen LogP contribution >= 0.6 is 15.9 Å². The molecule has 92 valence electrons. The van der Waals surface area contributed by atoms with Crippen molar-refractivity contribution in [2.45, 2.75) is 25.7 Å². The van der Waals surface area contributed by atoms with E-state index in [9.17, 15) is 4.79 Å². The Balaban J connectivity index is 2.36. The van der Waals surface area contributed by atoms with Crippen molar-refractivity contribution in [2.24, 2.45) is 0 Å². The average molecular weight is 298 g/mol. The molecule has 2 rings (SSSR count). The first-order valence-corrected chi connectivity index (χ1v) is 6.65. The lowest BCUT2D eigenvalue weighted by Gasteiger charge is -2.23. The molecule has 1 aliphatic rings. The van der Waals surface area contributed by atoms with Gasteiger partial charge in [-0.1, -0.05) is 22.4 Å². The van der Waals surface area contributed by atoms with Gasteiger partial charge in [0.2, 0.25) is 5.91 Å². The van der Waals surface area contributed by atoms with Gasteiger partial charge < -0.3 is 9.64 Å². The van der Waals surface area contributed by atoms with Crippen molar-refractivity contribution in [1.82, 2.24) is 0 Å². The smallest absolute Gasteiger partial charge is 0.227 e. The van der Waals surface area contributed by atoms with Crippen LogP contribution in [0.4, 0.5) is 5.69 Å². The quantitative estimate of drug-likeness (QED) is 0.838. The van der Waals surface area contributed by atoms with Crippen LogP contribution in [-0.2, 0) is 4.79 Å². The molecular weight excluding hydrogens is 282 g/mol. The third-order valence-electron chi connectivity index (χ3n) is 3.01. The minimum absolute atomic E-state index is 0.193. The van der Waals surface area contributed by atoms with E-state index in [-0.39, 0.29) is 5.91 Å². The SMILES string of the molecule is COc1ccc(Br)cc1N1CCCCCC1=O. The Morgan fingerprint density at radius 2 is 2.12 bits per heavy atom. The molecule has 1 heterocycles. The summed E-state index contributed by atoms with van der Waals surface area (Å²) in [7, 11) is 1.63. The highest BCUT2D eigenvalue weighted by molar-refractivity contribution is 9.10. The van der Waals surface area contributed by atoms with Gasteiger partial charge in [-0.2, -0.15) is 0 Å². The predicted molar refractivity (Wildman–Crippen MR) is 71.5 cm³/mol. The number of ether oxygens (including phenoxy) is 1. The first-order chi connectivity index (χ1) is 8.22. The van der Waals surface area contributed by atoms with Crippen LogP contribution < -0.4 is 9.64 Å². The molecule has 0 aromatic heterocycles. The van der Waals surface area contributed by atoms with Crippen molar-refractivity contribution in [3.05, 3.63) is 22.7 Å². The number of halogens is 1. The van der Waals surface area contributed by atoms with E-state index in [1.165, 1.54) is 0 Å². The van der Waals surface area contributed by atoms with E-state index in [1.807, 2.05) is 23.1 Å². The number of amides is 1. The Bertz CT molecular complexity index is 420. The molecule has 0 radical (unpaired) electrons. The highest BCUT2D eigenvalue weighted by Gasteiger charge is 2.21. The second-order valence-electron chi connectivity index (χ2n) is 4.17. The van der Waals surface area contributed by atoms with E-state index < -0.39 is 0 Å². The summed E-state index contributed by atoms with van der Waals surface area (Å²) in [6.07, 6.45) is 3.81. The Kier molecular flexibility index (Phi) is 4.05. The van der Waals surface area contributed by atoms with Gasteiger partial charge in [-0.05, 0) is 31.0 Å². The molecule has 4 heteroatoms. The minimum Gasteiger partial charge on any atom is -0.495 e. The van der Waals surface area contributed by atoms with Crippen molar-refractivity contribution >= 4 is 27.5 Å². The Morgan fingerprint density at radius 1 is 1.29 bits per heavy atom.